The molecule has 6 heteroatoms. The van der Waals surface area contributed by atoms with Gasteiger partial charge in [0.05, 0.1) is 5.92 Å². The van der Waals surface area contributed by atoms with Crippen molar-refractivity contribution >= 4 is 33.4 Å². The van der Waals surface area contributed by atoms with E-state index in [-0.39, 0.29) is 24.2 Å². The average molecular weight is 354 g/mol. The van der Waals surface area contributed by atoms with Gasteiger partial charge in [0.1, 0.15) is 0 Å². The Morgan fingerprint density at radius 1 is 1.52 bits per heavy atom. The lowest BCUT2D eigenvalue weighted by molar-refractivity contribution is -0.127. The Bertz CT molecular complexity index is 560. The molecule has 1 saturated heterocycles. The first kappa shape index (κ1) is 16.0. The predicted molar refractivity (Wildman–Crippen MR) is 85.9 cm³/mol. The average Bonchev–Trinajstić information content (AvgIpc) is 2.80. The Balaban J connectivity index is 2.08. The number of nitrogens with zero attached hydrogens (tertiary/aromatic N) is 1. The lowest BCUT2D eigenvalue weighted by Crippen LogP contribution is -2.51. The van der Waals surface area contributed by atoms with Gasteiger partial charge < -0.3 is 16.0 Å². The van der Waals surface area contributed by atoms with Crippen LogP contribution in [-0.4, -0.2) is 30.4 Å². The fourth-order valence-electron chi connectivity index (χ4n) is 2.26. The van der Waals surface area contributed by atoms with E-state index in [1.165, 1.54) is 0 Å². The highest BCUT2D eigenvalue weighted by Crippen LogP contribution is 2.27. The molecule has 1 unspecified atom stereocenters. The first-order valence-electron chi connectivity index (χ1n) is 6.90. The third-order valence-electron chi connectivity index (χ3n) is 3.59. The van der Waals surface area contributed by atoms with Crippen molar-refractivity contribution in [2.75, 3.05) is 18.0 Å². The van der Waals surface area contributed by atoms with Gasteiger partial charge in [0.2, 0.25) is 11.8 Å². The fraction of sp³-hybridized carbons (Fsp3) is 0.467. The number of carbonyl (C=O) groups is 2. The molecule has 0 saturated carbocycles. The van der Waals surface area contributed by atoms with E-state index in [0.717, 1.165) is 10.2 Å². The zero-order valence-corrected chi connectivity index (χ0v) is 13.8. The molecule has 0 bridgehead atoms. The predicted octanol–water partition coefficient (Wildman–Crippen LogP) is 1.66. The van der Waals surface area contributed by atoms with Gasteiger partial charge in [-0.3, -0.25) is 9.59 Å². The third-order valence-corrected chi connectivity index (χ3v) is 4.08. The second-order valence-electron chi connectivity index (χ2n) is 5.96. The highest BCUT2D eigenvalue weighted by atomic mass is 79.9. The summed E-state index contributed by atoms with van der Waals surface area (Å²) in [7, 11) is 0. The van der Waals surface area contributed by atoms with E-state index in [0.29, 0.717) is 13.1 Å². The first-order valence-corrected chi connectivity index (χ1v) is 7.70. The van der Waals surface area contributed by atoms with Crippen molar-refractivity contribution < 1.29 is 9.59 Å². The summed E-state index contributed by atoms with van der Waals surface area (Å²) in [5, 5.41) is 2.90. The molecule has 0 aliphatic carbocycles. The van der Waals surface area contributed by atoms with E-state index in [1.54, 1.807) is 4.90 Å². The molecule has 2 amide bonds. The number of amides is 2. The molecule has 2 rings (SSSR count). The summed E-state index contributed by atoms with van der Waals surface area (Å²) in [5.41, 5.74) is 5.97. The van der Waals surface area contributed by atoms with Crippen LogP contribution in [0.2, 0.25) is 0 Å². The smallest absolute Gasteiger partial charge is 0.227 e. The molecule has 114 valence electrons. The summed E-state index contributed by atoms with van der Waals surface area (Å²) < 4.78 is 0.907. The highest BCUT2D eigenvalue weighted by Gasteiger charge is 2.36. The number of rotatable bonds is 4. The van der Waals surface area contributed by atoms with Gasteiger partial charge in [-0.05, 0) is 32.0 Å². The quantitative estimate of drug-likeness (QED) is 0.864. The topological polar surface area (TPSA) is 75.4 Å². The summed E-state index contributed by atoms with van der Waals surface area (Å²) in [6.07, 6.45) is 0.235. The second-order valence-corrected chi connectivity index (χ2v) is 6.88. The largest absolute Gasteiger partial charge is 0.350 e. The zero-order chi connectivity index (χ0) is 15.6. The first-order chi connectivity index (χ1) is 9.82. The molecule has 0 spiro atoms. The minimum absolute atomic E-state index is 0.0289. The summed E-state index contributed by atoms with van der Waals surface area (Å²) in [5.74, 6) is -0.475. The Kier molecular flexibility index (Phi) is 4.68. The van der Waals surface area contributed by atoms with E-state index in [1.807, 2.05) is 38.1 Å². The SMILES string of the molecule is CC(C)(CN)NC(=O)C1CC(=O)N(c2cccc(Br)c2)C1. The van der Waals surface area contributed by atoms with Gasteiger partial charge in [-0.1, -0.05) is 22.0 Å². The molecule has 3 N–H and O–H groups in total. The second kappa shape index (κ2) is 6.15. The summed E-state index contributed by atoms with van der Waals surface area (Å²) >= 11 is 3.39. The van der Waals surface area contributed by atoms with Gasteiger partial charge >= 0.3 is 0 Å². The molecule has 1 aromatic rings. The summed E-state index contributed by atoms with van der Waals surface area (Å²) in [6.45, 7) is 4.50. The van der Waals surface area contributed by atoms with Crippen molar-refractivity contribution in [3.05, 3.63) is 28.7 Å². The minimum atomic E-state index is -0.455. The van der Waals surface area contributed by atoms with Crippen molar-refractivity contribution in [2.24, 2.45) is 11.7 Å². The third kappa shape index (κ3) is 3.83. The summed E-state index contributed by atoms with van der Waals surface area (Å²) in [6, 6.07) is 7.52. The molecule has 1 aliphatic heterocycles. The van der Waals surface area contributed by atoms with E-state index < -0.39 is 5.54 Å². The molecule has 21 heavy (non-hydrogen) atoms. The van der Waals surface area contributed by atoms with Gasteiger partial charge in [-0.15, -0.1) is 0 Å². The van der Waals surface area contributed by atoms with Gasteiger partial charge in [0, 0.05) is 35.2 Å². The normalized spacial score (nSPS) is 19.0. The van der Waals surface area contributed by atoms with Crippen LogP contribution < -0.4 is 16.0 Å². The number of nitrogens with one attached hydrogen (secondary N) is 1. The Morgan fingerprint density at radius 3 is 2.86 bits per heavy atom. The molecule has 1 aliphatic rings. The van der Waals surface area contributed by atoms with Crippen LogP contribution in [0.5, 0.6) is 0 Å². The van der Waals surface area contributed by atoms with E-state index in [4.69, 9.17) is 5.73 Å². The maximum Gasteiger partial charge on any atom is 0.227 e. The van der Waals surface area contributed by atoms with Crippen molar-refractivity contribution in [1.29, 1.82) is 0 Å². The lowest BCUT2D eigenvalue weighted by atomic mass is 10.0. The van der Waals surface area contributed by atoms with Crippen molar-refractivity contribution in [3.63, 3.8) is 0 Å². The van der Waals surface area contributed by atoms with Crippen LogP contribution in [0.25, 0.3) is 0 Å². The number of nitrogens with two attached hydrogens (primary N) is 1. The van der Waals surface area contributed by atoms with Crippen molar-refractivity contribution in [3.8, 4) is 0 Å². The highest BCUT2D eigenvalue weighted by molar-refractivity contribution is 9.10. The molecular formula is C15H20BrN3O2. The molecule has 0 aromatic heterocycles. The van der Waals surface area contributed by atoms with Gasteiger partial charge in [-0.25, -0.2) is 0 Å². The molecule has 1 heterocycles. The van der Waals surface area contributed by atoms with Gasteiger partial charge in [-0.2, -0.15) is 0 Å². The maximum absolute atomic E-state index is 12.3. The van der Waals surface area contributed by atoms with Crippen LogP contribution in [0, 0.1) is 5.92 Å². The summed E-state index contributed by atoms with van der Waals surface area (Å²) in [4.78, 5) is 26.1. The molecule has 1 fully saturated rings. The molecule has 0 radical (unpaired) electrons. The number of anilines is 1. The van der Waals surface area contributed by atoms with E-state index >= 15 is 0 Å². The molecule has 1 aromatic carbocycles. The van der Waals surface area contributed by atoms with Crippen LogP contribution in [0.1, 0.15) is 20.3 Å². The number of benzene rings is 1. The zero-order valence-electron chi connectivity index (χ0n) is 12.2. The molecular weight excluding hydrogens is 334 g/mol. The van der Waals surface area contributed by atoms with E-state index in [9.17, 15) is 9.59 Å². The monoisotopic (exact) mass is 353 g/mol. The number of hydrogen-bond acceptors (Lipinski definition) is 3. The van der Waals surface area contributed by atoms with E-state index in [2.05, 4.69) is 21.2 Å². The number of halogens is 1. The Hall–Kier alpha value is -1.40. The molecule has 5 nitrogen and oxygen atoms in total. The molecule has 1 atom stereocenters. The van der Waals surface area contributed by atoms with Crippen molar-refractivity contribution in [1.82, 2.24) is 5.32 Å². The number of hydrogen-bond donors (Lipinski definition) is 2. The van der Waals surface area contributed by atoms with Crippen LogP contribution in [0.3, 0.4) is 0 Å². The number of carbonyl (C=O) groups excluding carboxylic acids is 2. The van der Waals surface area contributed by atoms with Gasteiger partial charge in [0.25, 0.3) is 0 Å². The van der Waals surface area contributed by atoms with Crippen LogP contribution in [0.4, 0.5) is 5.69 Å². The van der Waals surface area contributed by atoms with Crippen molar-refractivity contribution in [2.45, 2.75) is 25.8 Å². The van der Waals surface area contributed by atoms with Crippen LogP contribution in [0.15, 0.2) is 28.7 Å². The fourth-order valence-corrected chi connectivity index (χ4v) is 2.65. The Labute approximate surface area is 133 Å². The van der Waals surface area contributed by atoms with Crippen LogP contribution >= 0.6 is 15.9 Å². The maximum atomic E-state index is 12.3. The van der Waals surface area contributed by atoms with Crippen LogP contribution in [-0.2, 0) is 9.59 Å². The minimum Gasteiger partial charge on any atom is -0.350 e. The Morgan fingerprint density at radius 2 is 2.24 bits per heavy atom. The standard InChI is InChI=1S/C15H20BrN3O2/c1-15(2,9-17)18-14(21)10-6-13(20)19(8-10)12-5-3-4-11(16)7-12/h3-5,7,10H,6,8-9,17H2,1-2H3,(H,18,21). The lowest BCUT2D eigenvalue weighted by Gasteiger charge is -2.26. The van der Waals surface area contributed by atoms with Gasteiger partial charge in [0.15, 0.2) is 0 Å².